The van der Waals surface area contributed by atoms with Crippen molar-refractivity contribution < 1.29 is 23.8 Å². The molecular formula is C23H16Br3IN2O5. The van der Waals surface area contributed by atoms with Crippen molar-refractivity contribution in [1.29, 1.82) is 0 Å². The molecule has 0 aliphatic heterocycles. The van der Waals surface area contributed by atoms with Crippen molar-refractivity contribution in [2.45, 2.75) is 0 Å². The molecule has 11 heteroatoms. The SMILES string of the molecule is COc1cc(C=NNC(=O)COc2c(Br)cc(Br)cc2Br)ccc1OC(=O)c1ccccc1I. The van der Waals surface area contributed by atoms with Crippen molar-refractivity contribution >= 4 is 88.5 Å². The highest BCUT2D eigenvalue weighted by Gasteiger charge is 2.15. The van der Waals surface area contributed by atoms with Gasteiger partial charge in [0, 0.05) is 8.04 Å². The molecule has 0 spiro atoms. The van der Waals surface area contributed by atoms with Gasteiger partial charge in [-0.25, -0.2) is 10.2 Å². The molecule has 0 fully saturated rings. The lowest BCUT2D eigenvalue weighted by atomic mass is 10.2. The molecule has 3 aromatic rings. The number of halogens is 4. The second-order valence-corrected chi connectivity index (χ2v) is 10.3. The molecular weight excluding hydrogens is 751 g/mol. The van der Waals surface area contributed by atoms with Crippen LogP contribution in [0.4, 0.5) is 0 Å². The molecule has 0 aliphatic rings. The Morgan fingerprint density at radius 2 is 1.74 bits per heavy atom. The fourth-order valence-corrected chi connectivity index (χ4v) is 5.74. The van der Waals surface area contributed by atoms with Crippen LogP contribution in [0.5, 0.6) is 17.2 Å². The summed E-state index contributed by atoms with van der Waals surface area (Å²) >= 11 is 12.2. The van der Waals surface area contributed by atoms with Gasteiger partial charge in [0.1, 0.15) is 5.75 Å². The Hall–Kier alpha value is -1.96. The van der Waals surface area contributed by atoms with Crippen molar-refractivity contribution in [3.63, 3.8) is 0 Å². The topological polar surface area (TPSA) is 86.2 Å². The Morgan fingerprint density at radius 1 is 1.03 bits per heavy atom. The molecule has 0 heterocycles. The van der Waals surface area contributed by atoms with E-state index in [1.54, 1.807) is 30.3 Å². The molecule has 0 unspecified atom stereocenters. The van der Waals surface area contributed by atoms with Crippen LogP contribution in [0.25, 0.3) is 0 Å². The van der Waals surface area contributed by atoms with Crippen LogP contribution in [0.2, 0.25) is 0 Å². The van der Waals surface area contributed by atoms with Crippen molar-refractivity contribution in [2.24, 2.45) is 5.10 Å². The van der Waals surface area contributed by atoms with Crippen LogP contribution in [0.3, 0.4) is 0 Å². The van der Waals surface area contributed by atoms with Crippen LogP contribution in [0.15, 0.2) is 73.1 Å². The van der Waals surface area contributed by atoms with Gasteiger partial charge in [0.25, 0.3) is 5.91 Å². The number of ether oxygens (including phenoxy) is 3. The van der Waals surface area contributed by atoms with Gasteiger partial charge >= 0.3 is 5.97 Å². The smallest absolute Gasteiger partial charge is 0.344 e. The Morgan fingerprint density at radius 3 is 2.41 bits per heavy atom. The largest absolute Gasteiger partial charge is 0.493 e. The highest BCUT2D eigenvalue weighted by molar-refractivity contribution is 14.1. The van der Waals surface area contributed by atoms with Gasteiger partial charge in [0.2, 0.25) is 0 Å². The van der Waals surface area contributed by atoms with E-state index in [0.717, 1.165) is 8.04 Å². The molecule has 0 radical (unpaired) electrons. The summed E-state index contributed by atoms with van der Waals surface area (Å²) < 4.78 is 19.4. The Kier molecular flexibility index (Phi) is 9.92. The standard InChI is InChI=1S/C23H16Br3IN2O5/c1-32-20-8-13(6-7-19(20)34-23(31)15-4-2-3-5-18(15)27)11-28-29-21(30)12-33-22-16(25)9-14(24)10-17(22)26/h2-11H,12H2,1H3,(H,29,30). The summed E-state index contributed by atoms with van der Waals surface area (Å²) in [7, 11) is 1.47. The number of rotatable bonds is 8. The maximum absolute atomic E-state index is 12.5. The fourth-order valence-electron chi connectivity index (χ4n) is 2.65. The monoisotopic (exact) mass is 764 g/mol. The summed E-state index contributed by atoms with van der Waals surface area (Å²) in [4.78, 5) is 24.6. The number of nitrogens with zero attached hydrogens (tertiary/aromatic N) is 1. The van der Waals surface area contributed by atoms with Gasteiger partial charge in [-0.3, -0.25) is 4.79 Å². The number of methoxy groups -OCH3 is 1. The van der Waals surface area contributed by atoms with Crippen LogP contribution in [0, 0.1) is 3.57 Å². The van der Waals surface area contributed by atoms with Crippen molar-refractivity contribution in [2.75, 3.05) is 13.7 Å². The highest BCUT2D eigenvalue weighted by Crippen LogP contribution is 2.36. The predicted octanol–water partition coefficient (Wildman–Crippen LogP) is 6.34. The molecule has 3 aromatic carbocycles. The molecule has 0 atom stereocenters. The number of nitrogens with one attached hydrogen (secondary N) is 1. The van der Waals surface area contributed by atoms with E-state index in [0.29, 0.717) is 31.6 Å². The van der Waals surface area contributed by atoms with E-state index in [4.69, 9.17) is 14.2 Å². The van der Waals surface area contributed by atoms with Crippen molar-refractivity contribution in [3.8, 4) is 17.2 Å². The first-order chi connectivity index (χ1) is 16.3. The van der Waals surface area contributed by atoms with Gasteiger partial charge in [-0.1, -0.05) is 28.1 Å². The molecule has 1 amide bonds. The predicted molar refractivity (Wildman–Crippen MR) is 148 cm³/mol. The summed E-state index contributed by atoms with van der Waals surface area (Å²) in [6, 6.07) is 15.7. The normalized spacial score (nSPS) is 10.7. The van der Waals surface area contributed by atoms with Crippen LogP contribution in [-0.2, 0) is 4.79 Å². The highest BCUT2D eigenvalue weighted by atomic mass is 127. The Bertz CT molecular complexity index is 1230. The molecule has 34 heavy (non-hydrogen) atoms. The van der Waals surface area contributed by atoms with Crippen molar-refractivity contribution in [3.05, 3.63) is 82.7 Å². The molecule has 0 saturated carbocycles. The maximum atomic E-state index is 12.5. The summed E-state index contributed by atoms with van der Waals surface area (Å²) in [5.41, 5.74) is 3.49. The van der Waals surface area contributed by atoms with Gasteiger partial charge in [0.05, 0.1) is 27.8 Å². The summed E-state index contributed by atoms with van der Waals surface area (Å²) in [6.45, 7) is -0.229. The lowest BCUT2D eigenvalue weighted by Gasteiger charge is -2.11. The van der Waals surface area contributed by atoms with E-state index in [2.05, 4.69) is 80.9 Å². The number of hydrogen-bond donors (Lipinski definition) is 1. The van der Waals surface area contributed by atoms with Crippen LogP contribution in [-0.4, -0.2) is 31.8 Å². The van der Waals surface area contributed by atoms with E-state index in [9.17, 15) is 9.59 Å². The van der Waals surface area contributed by atoms with E-state index < -0.39 is 11.9 Å². The molecule has 0 saturated heterocycles. The number of benzene rings is 3. The van der Waals surface area contributed by atoms with Crippen molar-refractivity contribution in [1.82, 2.24) is 5.43 Å². The third kappa shape index (κ3) is 7.27. The number of carbonyl (C=O) groups is 2. The van der Waals surface area contributed by atoms with E-state index in [-0.39, 0.29) is 12.4 Å². The van der Waals surface area contributed by atoms with Crippen LogP contribution >= 0.6 is 70.4 Å². The first kappa shape index (κ1) is 26.6. The number of amides is 1. The molecule has 0 aromatic heterocycles. The van der Waals surface area contributed by atoms with E-state index >= 15 is 0 Å². The zero-order chi connectivity index (χ0) is 24.7. The number of hydrazone groups is 1. The third-order valence-electron chi connectivity index (χ3n) is 4.20. The van der Waals surface area contributed by atoms with Gasteiger partial charge in [-0.2, -0.15) is 5.10 Å². The zero-order valence-corrected chi connectivity index (χ0v) is 24.4. The summed E-state index contributed by atoms with van der Waals surface area (Å²) in [5.74, 6) is 0.201. The quantitative estimate of drug-likeness (QED) is 0.0953. The first-order valence-corrected chi connectivity index (χ1v) is 13.0. The number of carbonyl (C=O) groups excluding carboxylic acids is 2. The minimum absolute atomic E-state index is 0.229. The lowest BCUT2D eigenvalue weighted by Crippen LogP contribution is -2.24. The summed E-state index contributed by atoms with van der Waals surface area (Å²) in [6.07, 6.45) is 1.44. The Labute approximate surface area is 234 Å². The van der Waals surface area contributed by atoms with E-state index in [1.807, 2.05) is 24.3 Å². The minimum Gasteiger partial charge on any atom is -0.493 e. The van der Waals surface area contributed by atoms with Crippen LogP contribution in [0.1, 0.15) is 15.9 Å². The molecule has 0 aliphatic carbocycles. The second kappa shape index (κ2) is 12.7. The average molecular weight is 767 g/mol. The first-order valence-electron chi connectivity index (χ1n) is 9.52. The molecule has 7 nitrogen and oxygen atoms in total. The number of hydrogen-bond acceptors (Lipinski definition) is 6. The third-order valence-corrected chi connectivity index (χ3v) is 6.77. The molecule has 3 rings (SSSR count). The fraction of sp³-hybridized carbons (Fsp3) is 0.0870. The van der Waals surface area contributed by atoms with Gasteiger partial charge < -0.3 is 14.2 Å². The lowest BCUT2D eigenvalue weighted by molar-refractivity contribution is -0.123. The zero-order valence-electron chi connectivity index (χ0n) is 17.5. The molecule has 176 valence electrons. The Balaban J connectivity index is 1.59. The van der Waals surface area contributed by atoms with Gasteiger partial charge in [-0.05, 0) is 102 Å². The van der Waals surface area contributed by atoms with Gasteiger partial charge in [0.15, 0.2) is 18.1 Å². The van der Waals surface area contributed by atoms with Crippen LogP contribution < -0.4 is 19.6 Å². The van der Waals surface area contributed by atoms with Gasteiger partial charge in [-0.15, -0.1) is 0 Å². The second-order valence-electron chi connectivity index (χ2n) is 6.56. The minimum atomic E-state index is -0.485. The maximum Gasteiger partial charge on any atom is 0.344 e. The molecule has 0 bridgehead atoms. The van der Waals surface area contributed by atoms with E-state index in [1.165, 1.54) is 13.3 Å². The average Bonchev–Trinajstić information content (AvgIpc) is 2.79. The molecule has 1 N–H and O–H groups in total. The number of esters is 1. The summed E-state index contributed by atoms with van der Waals surface area (Å²) in [5, 5.41) is 3.94.